The van der Waals surface area contributed by atoms with E-state index in [1.54, 1.807) is 12.1 Å². The van der Waals surface area contributed by atoms with Gasteiger partial charge in [0, 0.05) is 25.2 Å². The van der Waals surface area contributed by atoms with E-state index in [1.165, 1.54) is 4.90 Å². The minimum absolute atomic E-state index is 0.00880. The highest BCUT2D eigenvalue weighted by Crippen LogP contribution is 2.28. The number of hydrogen-bond acceptors (Lipinski definition) is 3. The van der Waals surface area contributed by atoms with Gasteiger partial charge >= 0.3 is 0 Å². The first kappa shape index (κ1) is 13.0. The molecule has 1 saturated heterocycles. The van der Waals surface area contributed by atoms with E-state index in [1.807, 2.05) is 0 Å². The largest absolute Gasteiger partial charge is 0.365 e. The highest BCUT2D eigenvalue weighted by Gasteiger charge is 2.23. The van der Waals surface area contributed by atoms with Crippen molar-refractivity contribution in [2.75, 3.05) is 18.0 Å². The van der Waals surface area contributed by atoms with E-state index < -0.39 is 17.5 Å². The van der Waals surface area contributed by atoms with E-state index in [0.717, 1.165) is 6.07 Å². The Hall–Kier alpha value is -2.47. The molecular formula is C13H8F3N3. The molecule has 1 aromatic rings. The molecule has 0 bridgehead atoms. The van der Waals surface area contributed by atoms with Gasteiger partial charge in [-0.05, 0) is 12.0 Å². The average molecular weight is 263 g/mol. The molecule has 0 amide bonds. The SMILES string of the molecule is N#CC(C#N)=C1CCN(c2cc(F)c(F)cc2F)C1. The van der Waals surface area contributed by atoms with Crippen LogP contribution in [0.25, 0.3) is 0 Å². The lowest BCUT2D eigenvalue weighted by atomic mass is 10.1. The first-order valence-electron chi connectivity index (χ1n) is 5.48. The quantitative estimate of drug-likeness (QED) is 0.578. The molecule has 0 aliphatic carbocycles. The summed E-state index contributed by atoms with van der Waals surface area (Å²) in [5.41, 5.74) is 0.503. The van der Waals surface area contributed by atoms with Crippen molar-refractivity contribution in [3.8, 4) is 12.1 Å². The van der Waals surface area contributed by atoms with Crippen LogP contribution in [0.4, 0.5) is 18.9 Å². The Morgan fingerprint density at radius 2 is 1.68 bits per heavy atom. The van der Waals surface area contributed by atoms with E-state index in [4.69, 9.17) is 10.5 Å². The van der Waals surface area contributed by atoms with Gasteiger partial charge in [0.25, 0.3) is 0 Å². The second kappa shape index (κ2) is 5.03. The predicted molar refractivity (Wildman–Crippen MR) is 61.4 cm³/mol. The molecule has 0 radical (unpaired) electrons. The molecule has 1 aliphatic rings. The van der Waals surface area contributed by atoms with Crippen molar-refractivity contribution in [3.05, 3.63) is 40.7 Å². The van der Waals surface area contributed by atoms with Crippen molar-refractivity contribution in [3.63, 3.8) is 0 Å². The number of nitriles is 2. The van der Waals surface area contributed by atoms with Gasteiger partial charge in [-0.25, -0.2) is 13.2 Å². The molecule has 96 valence electrons. The van der Waals surface area contributed by atoms with Crippen LogP contribution in [0.1, 0.15) is 6.42 Å². The first-order chi connectivity index (χ1) is 9.06. The van der Waals surface area contributed by atoms with Crippen LogP contribution in [-0.2, 0) is 0 Å². The Morgan fingerprint density at radius 3 is 2.32 bits per heavy atom. The third kappa shape index (κ3) is 2.38. The summed E-state index contributed by atoms with van der Waals surface area (Å²) >= 11 is 0. The van der Waals surface area contributed by atoms with Crippen LogP contribution < -0.4 is 4.90 Å². The van der Waals surface area contributed by atoms with Crippen molar-refractivity contribution >= 4 is 5.69 Å². The third-order valence-electron chi connectivity index (χ3n) is 2.97. The standard InChI is InChI=1S/C13H8F3N3/c14-10-3-12(16)13(4-11(10)15)19-2-1-8(7-19)9(5-17)6-18/h3-4H,1-2,7H2. The van der Waals surface area contributed by atoms with Gasteiger partial charge in [-0.3, -0.25) is 0 Å². The highest BCUT2D eigenvalue weighted by atomic mass is 19.2. The van der Waals surface area contributed by atoms with Crippen LogP contribution >= 0.6 is 0 Å². The molecule has 0 unspecified atom stereocenters. The molecule has 1 aliphatic heterocycles. The maximum Gasteiger partial charge on any atom is 0.161 e. The molecule has 2 rings (SSSR count). The van der Waals surface area contributed by atoms with Crippen molar-refractivity contribution < 1.29 is 13.2 Å². The molecule has 6 heteroatoms. The Bertz CT molecular complexity index is 622. The minimum Gasteiger partial charge on any atom is -0.365 e. The Kier molecular flexibility index (Phi) is 3.43. The van der Waals surface area contributed by atoms with Gasteiger partial charge in [0.15, 0.2) is 11.6 Å². The summed E-state index contributed by atoms with van der Waals surface area (Å²) < 4.78 is 39.5. The molecular weight excluding hydrogens is 255 g/mol. The van der Waals surface area contributed by atoms with Crippen LogP contribution in [0.2, 0.25) is 0 Å². The van der Waals surface area contributed by atoms with Gasteiger partial charge in [0.1, 0.15) is 23.5 Å². The zero-order chi connectivity index (χ0) is 14.0. The van der Waals surface area contributed by atoms with Gasteiger partial charge in [-0.1, -0.05) is 0 Å². The van der Waals surface area contributed by atoms with Crippen molar-refractivity contribution in [1.29, 1.82) is 10.5 Å². The zero-order valence-electron chi connectivity index (χ0n) is 9.75. The van der Waals surface area contributed by atoms with Crippen LogP contribution in [0, 0.1) is 40.1 Å². The van der Waals surface area contributed by atoms with Crippen molar-refractivity contribution in [2.24, 2.45) is 0 Å². The maximum atomic E-state index is 13.6. The second-order valence-electron chi connectivity index (χ2n) is 4.09. The second-order valence-corrected chi connectivity index (χ2v) is 4.09. The number of halogens is 3. The van der Waals surface area contributed by atoms with E-state index in [-0.39, 0.29) is 17.8 Å². The Morgan fingerprint density at radius 1 is 1.05 bits per heavy atom. The lowest BCUT2D eigenvalue weighted by Gasteiger charge is -2.18. The summed E-state index contributed by atoms with van der Waals surface area (Å²) in [5.74, 6) is -3.24. The summed E-state index contributed by atoms with van der Waals surface area (Å²) in [5, 5.41) is 17.5. The van der Waals surface area contributed by atoms with Gasteiger partial charge in [-0.2, -0.15) is 10.5 Å². The molecule has 0 aromatic heterocycles. The van der Waals surface area contributed by atoms with E-state index in [0.29, 0.717) is 24.6 Å². The van der Waals surface area contributed by atoms with Gasteiger partial charge in [0.2, 0.25) is 0 Å². The molecule has 0 N–H and O–H groups in total. The van der Waals surface area contributed by atoms with Crippen LogP contribution in [0.5, 0.6) is 0 Å². The summed E-state index contributed by atoms with van der Waals surface area (Å²) in [7, 11) is 0. The van der Waals surface area contributed by atoms with E-state index in [9.17, 15) is 13.2 Å². The zero-order valence-corrected chi connectivity index (χ0v) is 9.75. The van der Waals surface area contributed by atoms with E-state index in [2.05, 4.69) is 0 Å². The smallest absolute Gasteiger partial charge is 0.161 e. The average Bonchev–Trinajstić information content (AvgIpc) is 2.85. The fourth-order valence-electron chi connectivity index (χ4n) is 2.01. The fraction of sp³-hybridized carbons (Fsp3) is 0.231. The number of benzene rings is 1. The number of anilines is 1. The molecule has 1 heterocycles. The van der Waals surface area contributed by atoms with Crippen LogP contribution in [-0.4, -0.2) is 13.1 Å². The minimum atomic E-state index is -1.24. The van der Waals surface area contributed by atoms with Crippen LogP contribution in [0.15, 0.2) is 23.3 Å². The van der Waals surface area contributed by atoms with Crippen LogP contribution in [0.3, 0.4) is 0 Å². The summed E-state index contributed by atoms with van der Waals surface area (Å²) in [6.45, 7) is 0.516. The summed E-state index contributed by atoms with van der Waals surface area (Å²) in [6.07, 6.45) is 0.425. The number of allylic oxidation sites excluding steroid dienone is 1. The van der Waals surface area contributed by atoms with Gasteiger partial charge < -0.3 is 4.90 Å². The molecule has 19 heavy (non-hydrogen) atoms. The topological polar surface area (TPSA) is 50.8 Å². The number of nitrogens with zero attached hydrogens (tertiary/aromatic N) is 3. The Labute approximate surface area is 107 Å². The van der Waals surface area contributed by atoms with E-state index >= 15 is 0 Å². The highest BCUT2D eigenvalue weighted by molar-refractivity contribution is 5.54. The normalized spacial score (nSPS) is 14.2. The molecule has 0 atom stereocenters. The number of rotatable bonds is 1. The molecule has 3 nitrogen and oxygen atoms in total. The fourth-order valence-corrected chi connectivity index (χ4v) is 2.01. The Balaban J connectivity index is 2.33. The predicted octanol–water partition coefficient (Wildman–Crippen LogP) is 2.66. The van der Waals surface area contributed by atoms with Gasteiger partial charge in [0.05, 0.1) is 5.69 Å². The van der Waals surface area contributed by atoms with Crippen molar-refractivity contribution in [1.82, 2.24) is 0 Å². The summed E-state index contributed by atoms with van der Waals surface area (Å²) in [4.78, 5) is 1.47. The third-order valence-corrected chi connectivity index (χ3v) is 2.97. The number of hydrogen-bond donors (Lipinski definition) is 0. The monoisotopic (exact) mass is 263 g/mol. The van der Waals surface area contributed by atoms with Crippen molar-refractivity contribution in [2.45, 2.75) is 6.42 Å². The lowest BCUT2D eigenvalue weighted by Crippen LogP contribution is -2.20. The maximum absolute atomic E-state index is 13.6. The molecule has 1 aromatic carbocycles. The first-order valence-corrected chi connectivity index (χ1v) is 5.48. The molecule has 1 fully saturated rings. The van der Waals surface area contributed by atoms with Gasteiger partial charge in [-0.15, -0.1) is 0 Å². The summed E-state index contributed by atoms with van der Waals surface area (Å²) in [6, 6.07) is 4.80. The molecule has 0 saturated carbocycles. The molecule has 0 spiro atoms. The lowest BCUT2D eigenvalue weighted by molar-refractivity contribution is 0.494.